The van der Waals surface area contributed by atoms with E-state index in [9.17, 15) is 4.79 Å². The minimum absolute atomic E-state index is 0.188. The van der Waals surface area contributed by atoms with E-state index in [1.165, 1.54) is 0 Å². The summed E-state index contributed by atoms with van der Waals surface area (Å²) in [6, 6.07) is 0.378. The number of amides is 1. The van der Waals surface area contributed by atoms with E-state index in [2.05, 4.69) is 0 Å². The first-order valence-corrected chi connectivity index (χ1v) is 5.47. The molecule has 0 heterocycles. The second kappa shape index (κ2) is 4.30. The molecule has 0 unspecified atom stereocenters. The van der Waals surface area contributed by atoms with E-state index in [0.29, 0.717) is 12.0 Å². The zero-order valence-electron chi connectivity index (χ0n) is 9.25. The highest BCUT2D eigenvalue weighted by atomic mass is 16.1. The lowest BCUT2D eigenvalue weighted by molar-refractivity contribution is -0.127. The molecule has 4 N–H and O–H groups in total. The van der Waals surface area contributed by atoms with Crippen LogP contribution in [0.5, 0.6) is 0 Å². The largest absolute Gasteiger partial charge is 0.369 e. The highest BCUT2D eigenvalue weighted by Gasteiger charge is 2.30. The maximum atomic E-state index is 11.2. The molecule has 14 heavy (non-hydrogen) atoms. The molecule has 1 rings (SSSR count). The second-order valence-corrected chi connectivity index (χ2v) is 5.23. The van der Waals surface area contributed by atoms with Crippen LogP contribution in [0.4, 0.5) is 0 Å². The van der Waals surface area contributed by atoms with E-state index in [0.717, 1.165) is 32.1 Å². The van der Waals surface area contributed by atoms with Crippen molar-refractivity contribution in [3.63, 3.8) is 0 Å². The summed E-state index contributed by atoms with van der Waals surface area (Å²) in [7, 11) is 0. The topological polar surface area (TPSA) is 69.1 Å². The lowest BCUT2D eigenvalue weighted by Gasteiger charge is -2.31. The molecule has 1 aliphatic carbocycles. The molecule has 0 aromatic carbocycles. The Hall–Kier alpha value is -0.570. The number of hydrogen-bond acceptors (Lipinski definition) is 2. The Bertz CT molecular complexity index is 205. The van der Waals surface area contributed by atoms with Gasteiger partial charge in [-0.05, 0) is 38.0 Å². The molecule has 0 bridgehead atoms. The van der Waals surface area contributed by atoms with Gasteiger partial charge in [0.15, 0.2) is 0 Å². The fourth-order valence-electron chi connectivity index (χ4n) is 2.21. The molecule has 3 nitrogen and oxygen atoms in total. The predicted molar refractivity (Wildman–Crippen MR) is 57.5 cm³/mol. The van der Waals surface area contributed by atoms with Crippen LogP contribution in [0.2, 0.25) is 0 Å². The summed E-state index contributed by atoms with van der Waals surface area (Å²) in [5, 5.41) is 0. The van der Waals surface area contributed by atoms with Crippen LogP contribution in [0.25, 0.3) is 0 Å². The molecule has 1 aliphatic rings. The molecule has 1 amide bonds. The average Bonchev–Trinajstić information content (AvgIpc) is 2.08. The van der Waals surface area contributed by atoms with Gasteiger partial charge in [0.25, 0.3) is 0 Å². The Morgan fingerprint density at radius 3 is 2.21 bits per heavy atom. The zero-order valence-corrected chi connectivity index (χ0v) is 9.25. The van der Waals surface area contributed by atoms with Gasteiger partial charge in [-0.1, -0.05) is 13.8 Å². The summed E-state index contributed by atoms with van der Waals surface area (Å²) >= 11 is 0. The smallest absolute Gasteiger partial charge is 0.223 e. The molecule has 0 aliphatic heterocycles. The molecule has 0 aromatic rings. The molecule has 0 aromatic heterocycles. The molecule has 0 saturated heterocycles. The number of primary amides is 1. The summed E-state index contributed by atoms with van der Waals surface area (Å²) in [6.45, 7) is 3.87. The van der Waals surface area contributed by atoms with Gasteiger partial charge in [0.1, 0.15) is 0 Å². The Labute approximate surface area is 86.2 Å². The third kappa shape index (κ3) is 2.98. The number of rotatable bonds is 3. The Morgan fingerprint density at radius 2 is 1.79 bits per heavy atom. The van der Waals surface area contributed by atoms with E-state index in [1.807, 2.05) is 13.8 Å². The monoisotopic (exact) mass is 198 g/mol. The van der Waals surface area contributed by atoms with Crippen LogP contribution in [0.15, 0.2) is 0 Å². The molecule has 1 saturated carbocycles. The molecule has 3 heteroatoms. The maximum absolute atomic E-state index is 11.2. The van der Waals surface area contributed by atoms with Crippen LogP contribution in [0.1, 0.15) is 46.0 Å². The van der Waals surface area contributed by atoms with Crippen LogP contribution < -0.4 is 11.5 Å². The summed E-state index contributed by atoms with van der Waals surface area (Å²) in [6.07, 6.45) is 5.41. The van der Waals surface area contributed by atoms with E-state index in [1.54, 1.807) is 0 Å². The van der Waals surface area contributed by atoms with Gasteiger partial charge in [0, 0.05) is 11.5 Å². The number of nitrogens with two attached hydrogens (primary N) is 2. The molecule has 0 atom stereocenters. The highest BCUT2D eigenvalue weighted by Crippen LogP contribution is 2.33. The van der Waals surface area contributed by atoms with Crippen molar-refractivity contribution in [2.24, 2.45) is 22.8 Å². The van der Waals surface area contributed by atoms with E-state index >= 15 is 0 Å². The third-order valence-electron chi connectivity index (χ3n) is 3.36. The van der Waals surface area contributed by atoms with E-state index in [4.69, 9.17) is 11.5 Å². The van der Waals surface area contributed by atoms with Crippen molar-refractivity contribution >= 4 is 5.91 Å². The lowest BCUT2D eigenvalue weighted by atomic mass is 9.75. The summed E-state index contributed by atoms with van der Waals surface area (Å²) < 4.78 is 0. The Kier molecular flexibility index (Phi) is 3.53. The SMILES string of the molecule is CC(C)(CC1CCC(N)CC1)C(N)=O. The summed E-state index contributed by atoms with van der Waals surface area (Å²) in [5.74, 6) is 0.449. The van der Waals surface area contributed by atoms with Crippen molar-refractivity contribution in [3.05, 3.63) is 0 Å². The average molecular weight is 198 g/mol. The quantitative estimate of drug-likeness (QED) is 0.719. The molecule has 0 radical (unpaired) electrons. The van der Waals surface area contributed by atoms with E-state index in [-0.39, 0.29) is 11.3 Å². The van der Waals surface area contributed by atoms with Crippen molar-refractivity contribution in [1.29, 1.82) is 0 Å². The van der Waals surface area contributed by atoms with Crippen molar-refractivity contribution < 1.29 is 4.79 Å². The van der Waals surface area contributed by atoms with Gasteiger partial charge in [0.05, 0.1) is 0 Å². The van der Waals surface area contributed by atoms with Gasteiger partial charge in [-0.25, -0.2) is 0 Å². The van der Waals surface area contributed by atoms with Gasteiger partial charge < -0.3 is 11.5 Å². The number of carbonyl (C=O) groups excluding carboxylic acids is 1. The van der Waals surface area contributed by atoms with Gasteiger partial charge in [-0.3, -0.25) is 4.79 Å². The molecule has 82 valence electrons. The minimum atomic E-state index is -0.355. The standard InChI is InChI=1S/C11H22N2O/c1-11(2,10(13)14)7-8-3-5-9(12)6-4-8/h8-9H,3-7,12H2,1-2H3,(H2,13,14). The fraction of sp³-hybridized carbons (Fsp3) is 0.909. The van der Waals surface area contributed by atoms with Crippen molar-refractivity contribution in [3.8, 4) is 0 Å². The van der Waals surface area contributed by atoms with Gasteiger partial charge in [0.2, 0.25) is 5.91 Å². The predicted octanol–water partition coefficient (Wildman–Crippen LogP) is 1.41. The molecule has 0 spiro atoms. The van der Waals surface area contributed by atoms with Crippen LogP contribution >= 0.6 is 0 Å². The third-order valence-corrected chi connectivity index (χ3v) is 3.36. The van der Waals surface area contributed by atoms with Crippen LogP contribution in [-0.4, -0.2) is 11.9 Å². The van der Waals surface area contributed by atoms with Crippen LogP contribution in [-0.2, 0) is 4.79 Å². The highest BCUT2D eigenvalue weighted by molar-refractivity contribution is 5.79. The molecule has 1 fully saturated rings. The van der Waals surface area contributed by atoms with E-state index < -0.39 is 0 Å². The van der Waals surface area contributed by atoms with Gasteiger partial charge >= 0.3 is 0 Å². The lowest BCUT2D eigenvalue weighted by Crippen LogP contribution is -2.35. The normalized spacial score (nSPS) is 28.8. The Balaban J connectivity index is 2.41. The Morgan fingerprint density at radius 1 is 1.29 bits per heavy atom. The van der Waals surface area contributed by atoms with Crippen molar-refractivity contribution in [1.82, 2.24) is 0 Å². The maximum Gasteiger partial charge on any atom is 0.223 e. The first-order valence-electron chi connectivity index (χ1n) is 5.47. The molecular formula is C11H22N2O. The van der Waals surface area contributed by atoms with Gasteiger partial charge in [-0.2, -0.15) is 0 Å². The first kappa shape index (κ1) is 11.5. The number of carbonyl (C=O) groups is 1. The second-order valence-electron chi connectivity index (χ2n) is 5.23. The summed E-state index contributed by atoms with van der Waals surface area (Å²) in [4.78, 5) is 11.2. The number of hydrogen-bond donors (Lipinski definition) is 2. The van der Waals surface area contributed by atoms with Gasteiger partial charge in [-0.15, -0.1) is 0 Å². The first-order chi connectivity index (χ1) is 6.42. The zero-order chi connectivity index (χ0) is 10.8. The van der Waals surface area contributed by atoms with Crippen LogP contribution in [0, 0.1) is 11.3 Å². The molecular weight excluding hydrogens is 176 g/mol. The fourth-order valence-corrected chi connectivity index (χ4v) is 2.21. The van der Waals surface area contributed by atoms with Crippen LogP contribution in [0.3, 0.4) is 0 Å². The van der Waals surface area contributed by atoms with Crippen molar-refractivity contribution in [2.75, 3.05) is 0 Å². The van der Waals surface area contributed by atoms with Crippen molar-refractivity contribution in [2.45, 2.75) is 52.0 Å². The minimum Gasteiger partial charge on any atom is -0.369 e. The summed E-state index contributed by atoms with van der Waals surface area (Å²) in [5.41, 5.74) is 10.8.